The highest BCUT2D eigenvalue weighted by molar-refractivity contribution is 7.91. The lowest BCUT2D eigenvalue weighted by atomic mass is 10.2. The number of aromatic nitrogens is 2. The lowest BCUT2D eigenvalue weighted by Crippen LogP contribution is -2.28. The van der Waals surface area contributed by atoms with Crippen LogP contribution in [0.1, 0.15) is 6.42 Å². The van der Waals surface area contributed by atoms with Crippen LogP contribution in [0.5, 0.6) is 0 Å². The Morgan fingerprint density at radius 3 is 2.76 bits per heavy atom. The molecular formula is C14H18N4O2S. The first-order valence-electron chi connectivity index (χ1n) is 6.99. The number of hydrogen-bond acceptors (Lipinski definition) is 6. The third-order valence-electron chi connectivity index (χ3n) is 3.66. The monoisotopic (exact) mass is 306 g/mol. The average molecular weight is 306 g/mol. The SMILES string of the molecule is CNc1nc(N2CCCS(=O)(=O)CC2)c2ccccc2n1. The number of para-hydroxylation sites is 1. The molecule has 0 bridgehead atoms. The van der Waals surface area contributed by atoms with Crippen LogP contribution in [-0.2, 0) is 9.84 Å². The Balaban J connectivity index is 2.06. The van der Waals surface area contributed by atoms with Gasteiger partial charge in [-0.05, 0) is 18.6 Å². The average Bonchev–Trinajstić information content (AvgIpc) is 2.67. The summed E-state index contributed by atoms with van der Waals surface area (Å²) < 4.78 is 23.5. The Labute approximate surface area is 124 Å². The number of benzene rings is 1. The van der Waals surface area contributed by atoms with Gasteiger partial charge < -0.3 is 10.2 Å². The van der Waals surface area contributed by atoms with Crippen molar-refractivity contribution in [3.05, 3.63) is 24.3 Å². The number of hydrogen-bond donors (Lipinski definition) is 1. The minimum Gasteiger partial charge on any atom is -0.357 e. The smallest absolute Gasteiger partial charge is 0.224 e. The molecule has 7 heteroatoms. The van der Waals surface area contributed by atoms with Crippen LogP contribution in [0, 0.1) is 0 Å². The quantitative estimate of drug-likeness (QED) is 0.901. The van der Waals surface area contributed by atoms with Gasteiger partial charge in [-0.1, -0.05) is 12.1 Å². The Hall–Kier alpha value is -1.89. The van der Waals surface area contributed by atoms with Crippen molar-refractivity contribution in [3.8, 4) is 0 Å². The number of fused-ring (bicyclic) bond motifs is 1. The van der Waals surface area contributed by atoms with E-state index in [1.807, 2.05) is 24.3 Å². The normalized spacial score (nSPS) is 18.4. The van der Waals surface area contributed by atoms with Crippen LogP contribution in [0.25, 0.3) is 10.9 Å². The first-order chi connectivity index (χ1) is 10.1. The van der Waals surface area contributed by atoms with Crippen LogP contribution in [0.4, 0.5) is 11.8 Å². The summed E-state index contributed by atoms with van der Waals surface area (Å²) in [6.45, 7) is 1.18. The van der Waals surface area contributed by atoms with E-state index in [9.17, 15) is 8.42 Å². The Morgan fingerprint density at radius 2 is 1.95 bits per heavy atom. The van der Waals surface area contributed by atoms with Crippen molar-refractivity contribution >= 4 is 32.5 Å². The molecule has 3 rings (SSSR count). The maximum Gasteiger partial charge on any atom is 0.224 e. The molecule has 1 aliphatic rings. The Kier molecular flexibility index (Phi) is 3.67. The molecule has 0 unspecified atom stereocenters. The molecule has 0 saturated carbocycles. The van der Waals surface area contributed by atoms with Crippen LogP contribution in [0.15, 0.2) is 24.3 Å². The molecule has 21 heavy (non-hydrogen) atoms. The molecule has 1 saturated heterocycles. The van der Waals surface area contributed by atoms with Crippen molar-refractivity contribution in [2.45, 2.75) is 6.42 Å². The van der Waals surface area contributed by atoms with E-state index < -0.39 is 9.84 Å². The molecule has 1 fully saturated rings. The maximum absolute atomic E-state index is 11.8. The van der Waals surface area contributed by atoms with Gasteiger partial charge in [-0.2, -0.15) is 4.98 Å². The predicted octanol–water partition coefficient (Wildman–Crippen LogP) is 1.30. The molecular weight excluding hydrogens is 288 g/mol. The molecule has 0 amide bonds. The summed E-state index contributed by atoms with van der Waals surface area (Å²) in [5.74, 6) is 1.80. The van der Waals surface area contributed by atoms with E-state index in [-0.39, 0.29) is 11.5 Å². The summed E-state index contributed by atoms with van der Waals surface area (Å²) in [5, 5.41) is 3.92. The number of rotatable bonds is 2. The van der Waals surface area contributed by atoms with Crippen molar-refractivity contribution < 1.29 is 8.42 Å². The van der Waals surface area contributed by atoms with Gasteiger partial charge in [0.15, 0.2) is 9.84 Å². The summed E-state index contributed by atoms with van der Waals surface area (Å²) in [6, 6.07) is 7.80. The number of anilines is 2. The van der Waals surface area contributed by atoms with Crippen molar-refractivity contribution in [1.29, 1.82) is 0 Å². The highest BCUT2D eigenvalue weighted by Crippen LogP contribution is 2.26. The molecule has 1 aromatic carbocycles. The van der Waals surface area contributed by atoms with Crippen molar-refractivity contribution in [3.63, 3.8) is 0 Å². The van der Waals surface area contributed by atoms with Gasteiger partial charge in [0.1, 0.15) is 5.82 Å². The van der Waals surface area contributed by atoms with Gasteiger partial charge in [-0.25, -0.2) is 13.4 Å². The van der Waals surface area contributed by atoms with Crippen LogP contribution in [-0.4, -0.2) is 50.0 Å². The molecule has 1 aliphatic heterocycles. The lowest BCUT2D eigenvalue weighted by Gasteiger charge is -2.22. The van der Waals surface area contributed by atoms with Gasteiger partial charge >= 0.3 is 0 Å². The predicted molar refractivity (Wildman–Crippen MR) is 84.6 cm³/mol. The Morgan fingerprint density at radius 1 is 1.14 bits per heavy atom. The highest BCUT2D eigenvalue weighted by atomic mass is 32.2. The largest absolute Gasteiger partial charge is 0.357 e. The minimum absolute atomic E-state index is 0.181. The molecule has 0 aliphatic carbocycles. The first-order valence-corrected chi connectivity index (χ1v) is 8.81. The zero-order valence-electron chi connectivity index (χ0n) is 11.9. The van der Waals surface area contributed by atoms with E-state index in [0.29, 0.717) is 25.5 Å². The van der Waals surface area contributed by atoms with Crippen LogP contribution in [0.2, 0.25) is 0 Å². The van der Waals surface area contributed by atoms with Gasteiger partial charge in [0.2, 0.25) is 5.95 Å². The number of nitrogens with one attached hydrogen (secondary N) is 1. The van der Waals surface area contributed by atoms with E-state index in [1.165, 1.54) is 0 Å². The van der Waals surface area contributed by atoms with E-state index in [4.69, 9.17) is 0 Å². The zero-order chi connectivity index (χ0) is 14.9. The molecule has 0 spiro atoms. The summed E-state index contributed by atoms with van der Waals surface area (Å²) in [6.07, 6.45) is 0.634. The summed E-state index contributed by atoms with van der Waals surface area (Å²) in [5.41, 5.74) is 0.860. The molecule has 2 heterocycles. The van der Waals surface area contributed by atoms with Gasteiger partial charge in [0.05, 0.1) is 17.0 Å². The number of nitrogens with zero attached hydrogens (tertiary/aromatic N) is 3. The number of sulfone groups is 1. The first kappa shape index (κ1) is 14.1. The zero-order valence-corrected chi connectivity index (χ0v) is 12.7. The molecule has 0 radical (unpaired) electrons. The standard InChI is InChI=1S/C14H18N4O2S/c1-15-14-16-12-6-3-2-5-11(12)13(17-14)18-7-4-9-21(19,20)10-8-18/h2-3,5-6H,4,7-10H2,1H3,(H,15,16,17). The fourth-order valence-electron chi connectivity index (χ4n) is 2.56. The van der Waals surface area contributed by atoms with E-state index in [1.54, 1.807) is 7.05 Å². The van der Waals surface area contributed by atoms with Crippen molar-refractivity contribution in [1.82, 2.24) is 9.97 Å². The fraction of sp³-hybridized carbons (Fsp3) is 0.429. The van der Waals surface area contributed by atoms with Gasteiger partial charge in [-0.15, -0.1) is 0 Å². The fourth-order valence-corrected chi connectivity index (χ4v) is 3.83. The summed E-state index contributed by atoms with van der Waals surface area (Å²) >= 11 is 0. The molecule has 0 atom stereocenters. The molecule has 1 aromatic heterocycles. The van der Waals surface area contributed by atoms with Crippen LogP contribution >= 0.6 is 0 Å². The minimum atomic E-state index is -2.93. The van der Waals surface area contributed by atoms with Crippen molar-refractivity contribution in [2.24, 2.45) is 0 Å². The van der Waals surface area contributed by atoms with E-state index >= 15 is 0 Å². The van der Waals surface area contributed by atoms with Gasteiger partial charge in [-0.3, -0.25) is 0 Å². The topological polar surface area (TPSA) is 75.2 Å². The molecule has 112 valence electrons. The molecule has 6 nitrogen and oxygen atoms in total. The van der Waals surface area contributed by atoms with E-state index in [0.717, 1.165) is 16.7 Å². The van der Waals surface area contributed by atoms with Crippen LogP contribution in [0.3, 0.4) is 0 Å². The van der Waals surface area contributed by atoms with E-state index in [2.05, 4.69) is 20.2 Å². The highest BCUT2D eigenvalue weighted by Gasteiger charge is 2.22. The maximum atomic E-state index is 11.8. The third-order valence-corrected chi connectivity index (χ3v) is 5.38. The third kappa shape index (κ3) is 2.92. The van der Waals surface area contributed by atoms with Gasteiger partial charge in [0.25, 0.3) is 0 Å². The van der Waals surface area contributed by atoms with Gasteiger partial charge in [0, 0.05) is 25.5 Å². The second-order valence-electron chi connectivity index (χ2n) is 5.13. The second kappa shape index (κ2) is 5.48. The molecule has 2 aromatic rings. The summed E-state index contributed by atoms with van der Waals surface area (Å²) in [7, 11) is -1.15. The lowest BCUT2D eigenvalue weighted by molar-refractivity contribution is 0.597. The Bertz CT molecular complexity index is 761. The van der Waals surface area contributed by atoms with Crippen LogP contribution < -0.4 is 10.2 Å². The summed E-state index contributed by atoms with van der Waals surface area (Å²) in [4.78, 5) is 11.0. The molecule has 1 N–H and O–H groups in total. The second-order valence-corrected chi connectivity index (χ2v) is 7.43. The van der Waals surface area contributed by atoms with Crippen molar-refractivity contribution in [2.75, 3.05) is 41.9 Å².